The highest BCUT2D eigenvalue weighted by Crippen LogP contribution is 2.37. The van der Waals surface area contributed by atoms with Crippen molar-refractivity contribution in [3.05, 3.63) is 151 Å². The minimum atomic E-state index is 0.878. The summed E-state index contributed by atoms with van der Waals surface area (Å²) in [6.07, 6.45) is 17.1. The Morgan fingerprint density at radius 1 is 0.750 bits per heavy atom. The lowest BCUT2D eigenvalue weighted by Gasteiger charge is -2.07. The van der Waals surface area contributed by atoms with Crippen molar-refractivity contribution < 1.29 is 0 Å². The van der Waals surface area contributed by atoms with Gasteiger partial charge in [-0.3, -0.25) is 0 Å². The lowest BCUT2D eigenvalue weighted by molar-refractivity contribution is 1.28. The molecule has 0 unspecified atom stereocenters. The first-order chi connectivity index (χ1) is 17.6. The molecule has 0 amide bonds. The van der Waals surface area contributed by atoms with E-state index in [4.69, 9.17) is 0 Å². The van der Waals surface area contributed by atoms with E-state index in [1.54, 1.807) is 0 Å². The SMILES string of the molecule is C=CC(=C\C)/C(C=C)=C/C=C\Cc1ccc2sc3ccc(-c4cccc(/C(C=C)=C/C)c4)cc3c2c1. The van der Waals surface area contributed by atoms with Gasteiger partial charge in [0.25, 0.3) is 0 Å². The van der Waals surface area contributed by atoms with Crippen molar-refractivity contribution in [1.82, 2.24) is 0 Å². The third-order valence-corrected chi connectivity index (χ3v) is 7.60. The average molecular weight is 485 g/mol. The summed E-state index contributed by atoms with van der Waals surface area (Å²) in [6, 6.07) is 22.4. The van der Waals surface area contributed by atoms with Crippen LogP contribution in [0.5, 0.6) is 0 Å². The first-order valence-electron chi connectivity index (χ1n) is 12.2. The number of hydrogen-bond acceptors (Lipinski definition) is 1. The smallest absolute Gasteiger partial charge is 0.0355 e. The fourth-order valence-corrected chi connectivity index (χ4v) is 5.54. The van der Waals surface area contributed by atoms with Gasteiger partial charge in [0.2, 0.25) is 0 Å². The number of rotatable bonds is 9. The molecule has 0 atom stereocenters. The molecule has 178 valence electrons. The zero-order chi connectivity index (χ0) is 25.5. The molecule has 1 aromatic heterocycles. The quantitative estimate of drug-likeness (QED) is 0.207. The Labute approximate surface area is 219 Å². The van der Waals surface area contributed by atoms with Crippen LogP contribution in [0.1, 0.15) is 25.0 Å². The minimum Gasteiger partial charge on any atom is -0.135 e. The Hall–Kier alpha value is -3.94. The Bertz CT molecular complexity index is 1560. The van der Waals surface area contributed by atoms with E-state index in [0.717, 1.165) is 23.1 Å². The molecule has 0 aliphatic rings. The van der Waals surface area contributed by atoms with Gasteiger partial charge in [0.15, 0.2) is 0 Å². The standard InChI is InChI=1S/C35H32S/c1-6-26(7-2)28(10-5)15-12-11-14-25-18-20-34-32(22-25)33-24-31(19-21-35(33)36-34)30-17-13-16-29(23-30)27(8-3)9-4/h6-13,15-24H,1,3,5,14H2,2,4H3/b12-11-,26-7+,27-9+,28-15+. The molecular weight excluding hydrogens is 452 g/mol. The maximum atomic E-state index is 3.96. The summed E-state index contributed by atoms with van der Waals surface area (Å²) in [5, 5.41) is 2.64. The van der Waals surface area contributed by atoms with Crippen molar-refractivity contribution >= 4 is 37.1 Å². The van der Waals surface area contributed by atoms with Crippen molar-refractivity contribution in [3.8, 4) is 11.1 Å². The number of allylic oxidation sites excluding steroid dienone is 11. The van der Waals surface area contributed by atoms with Crippen LogP contribution < -0.4 is 0 Å². The van der Waals surface area contributed by atoms with E-state index in [0.29, 0.717) is 0 Å². The summed E-state index contributed by atoms with van der Waals surface area (Å²) in [4.78, 5) is 0. The van der Waals surface area contributed by atoms with Crippen LogP contribution in [0.25, 0.3) is 36.9 Å². The Kier molecular flexibility index (Phi) is 8.15. The molecular formula is C35H32S. The van der Waals surface area contributed by atoms with E-state index in [1.807, 2.05) is 42.6 Å². The van der Waals surface area contributed by atoms with E-state index in [9.17, 15) is 0 Å². The van der Waals surface area contributed by atoms with Gasteiger partial charge in [-0.25, -0.2) is 0 Å². The van der Waals surface area contributed by atoms with E-state index in [-0.39, 0.29) is 0 Å². The summed E-state index contributed by atoms with van der Waals surface area (Å²) in [5.74, 6) is 0. The zero-order valence-electron chi connectivity index (χ0n) is 21.1. The van der Waals surface area contributed by atoms with Crippen LogP contribution in [0, 0.1) is 0 Å². The summed E-state index contributed by atoms with van der Waals surface area (Å²) < 4.78 is 2.64. The van der Waals surface area contributed by atoms with Crippen molar-refractivity contribution in [1.29, 1.82) is 0 Å². The van der Waals surface area contributed by atoms with Crippen LogP contribution in [-0.4, -0.2) is 0 Å². The van der Waals surface area contributed by atoms with Gasteiger partial charge >= 0.3 is 0 Å². The molecule has 3 aromatic carbocycles. The van der Waals surface area contributed by atoms with Crippen LogP contribution >= 0.6 is 11.3 Å². The molecule has 0 nitrogen and oxygen atoms in total. The Balaban J connectivity index is 1.66. The molecule has 1 heterocycles. The monoisotopic (exact) mass is 484 g/mol. The molecule has 0 spiro atoms. The van der Waals surface area contributed by atoms with Crippen molar-refractivity contribution in [2.75, 3.05) is 0 Å². The van der Waals surface area contributed by atoms with E-state index in [2.05, 4.69) is 112 Å². The first kappa shape index (κ1) is 25.2. The molecule has 0 fully saturated rings. The molecule has 0 radical (unpaired) electrons. The second-order valence-corrected chi connectivity index (χ2v) is 9.66. The van der Waals surface area contributed by atoms with Gasteiger partial charge in [-0.2, -0.15) is 0 Å². The van der Waals surface area contributed by atoms with Gasteiger partial charge in [0, 0.05) is 20.2 Å². The van der Waals surface area contributed by atoms with Crippen LogP contribution in [0.3, 0.4) is 0 Å². The van der Waals surface area contributed by atoms with Gasteiger partial charge in [0.1, 0.15) is 0 Å². The molecule has 0 aliphatic carbocycles. The Morgan fingerprint density at radius 3 is 2.17 bits per heavy atom. The molecule has 4 rings (SSSR count). The summed E-state index contributed by atoms with van der Waals surface area (Å²) in [6.45, 7) is 15.8. The van der Waals surface area contributed by atoms with Crippen LogP contribution in [0.15, 0.2) is 140 Å². The fraction of sp³-hybridized carbons (Fsp3) is 0.0857. The van der Waals surface area contributed by atoms with Gasteiger partial charge < -0.3 is 0 Å². The van der Waals surface area contributed by atoms with Gasteiger partial charge in [-0.05, 0) is 89.6 Å². The molecule has 36 heavy (non-hydrogen) atoms. The number of fused-ring (bicyclic) bond motifs is 3. The highest BCUT2D eigenvalue weighted by Gasteiger charge is 2.09. The largest absolute Gasteiger partial charge is 0.135 e. The number of thiophene rings is 1. The van der Waals surface area contributed by atoms with Gasteiger partial charge in [-0.15, -0.1) is 11.3 Å². The number of hydrogen-bond donors (Lipinski definition) is 0. The topological polar surface area (TPSA) is 0 Å². The van der Waals surface area contributed by atoms with Crippen molar-refractivity contribution in [3.63, 3.8) is 0 Å². The third-order valence-electron chi connectivity index (χ3n) is 6.44. The zero-order valence-corrected chi connectivity index (χ0v) is 21.9. The van der Waals surface area contributed by atoms with Gasteiger partial charge in [0.05, 0.1) is 0 Å². The van der Waals surface area contributed by atoms with Crippen LogP contribution in [0.4, 0.5) is 0 Å². The van der Waals surface area contributed by atoms with Crippen LogP contribution in [0.2, 0.25) is 0 Å². The lowest BCUT2D eigenvalue weighted by Crippen LogP contribution is -1.84. The normalized spacial score (nSPS) is 13.0. The molecule has 4 aromatic rings. The second kappa shape index (κ2) is 11.7. The highest BCUT2D eigenvalue weighted by atomic mass is 32.1. The van der Waals surface area contributed by atoms with Crippen molar-refractivity contribution in [2.24, 2.45) is 0 Å². The third kappa shape index (κ3) is 5.32. The molecule has 0 N–H and O–H groups in total. The molecule has 0 saturated carbocycles. The van der Waals surface area contributed by atoms with E-state index in [1.165, 1.54) is 42.4 Å². The predicted octanol–water partition coefficient (Wildman–Crippen LogP) is 10.7. The number of benzene rings is 3. The highest BCUT2D eigenvalue weighted by molar-refractivity contribution is 7.25. The van der Waals surface area contributed by atoms with Gasteiger partial charge in [-0.1, -0.05) is 98.7 Å². The minimum absolute atomic E-state index is 0.878. The van der Waals surface area contributed by atoms with E-state index >= 15 is 0 Å². The summed E-state index contributed by atoms with van der Waals surface area (Å²) >= 11 is 1.86. The second-order valence-electron chi connectivity index (χ2n) is 8.58. The molecule has 0 saturated heterocycles. The van der Waals surface area contributed by atoms with E-state index < -0.39 is 0 Å². The lowest BCUT2D eigenvalue weighted by atomic mass is 9.97. The molecule has 0 bridgehead atoms. The molecule has 1 heteroatoms. The summed E-state index contributed by atoms with van der Waals surface area (Å²) in [5.41, 5.74) is 8.27. The fourth-order valence-electron chi connectivity index (χ4n) is 4.47. The molecule has 0 aliphatic heterocycles. The maximum absolute atomic E-state index is 3.96. The Morgan fingerprint density at radius 2 is 1.47 bits per heavy atom. The van der Waals surface area contributed by atoms with Crippen molar-refractivity contribution in [2.45, 2.75) is 20.3 Å². The average Bonchev–Trinajstić information content (AvgIpc) is 3.28. The first-order valence-corrected chi connectivity index (χ1v) is 13.1. The predicted molar refractivity (Wildman–Crippen MR) is 164 cm³/mol. The van der Waals surface area contributed by atoms with Crippen LogP contribution in [-0.2, 0) is 6.42 Å². The summed E-state index contributed by atoms with van der Waals surface area (Å²) in [7, 11) is 0. The maximum Gasteiger partial charge on any atom is 0.0355 e.